The molecule has 6 heteroatoms. The van der Waals surface area contributed by atoms with Gasteiger partial charge < -0.3 is 5.11 Å². The minimum atomic E-state index is -0.508. The maximum Gasteiger partial charge on any atom is 0.269 e. The summed E-state index contributed by atoms with van der Waals surface area (Å²) in [4.78, 5) is 25.0. The minimum absolute atomic E-state index is 0.0328. The molecular weight excluding hydrogens is 236 g/mol. The molecule has 0 unspecified atom stereocenters. The van der Waals surface area contributed by atoms with Crippen LogP contribution in [0.25, 0.3) is 0 Å². The third-order valence-corrected chi connectivity index (χ3v) is 2.17. The van der Waals surface area contributed by atoms with Gasteiger partial charge in [-0.15, -0.1) is 0 Å². The number of aliphatic hydroxyl groups excluding tert-OH is 1. The molecule has 0 aliphatic carbocycles. The average Bonchev–Trinajstić information content (AvgIpc) is 2.28. The van der Waals surface area contributed by atoms with E-state index < -0.39 is 4.92 Å². The van der Waals surface area contributed by atoms with Gasteiger partial charge in [-0.05, 0) is 26.0 Å². The second kappa shape index (κ2) is 5.72. The third-order valence-electron chi connectivity index (χ3n) is 2.17. The number of hydrogen-bond acceptors (Lipinski definition) is 5. The van der Waals surface area contributed by atoms with Crippen LogP contribution in [-0.4, -0.2) is 22.0 Å². The van der Waals surface area contributed by atoms with E-state index in [4.69, 9.17) is 0 Å². The molecule has 1 N–H and O–H groups in total. The lowest BCUT2D eigenvalue weighted by Gasteiger charge is -1.98. The first-order valence-electron chi connectivity index (χ1n) is 5.11. The van der Waals surface area contributed by atoms with Gasteiger partial charge in [0.05, 0.1) is 16.2 Å². The summed E-state index contributed by atoms with van der Waals surface area (Å²) in [5, 5.41) is 19.7. The molecule has 0 saturated carbocycles. The number of hydrogen-bond donors (Lipinski definition) is 1. The Bertz CT molecular complexity index is 526. The zero-order valence-electron chi connectivity index (χ0n) is 9.95. The topological polar surface area (TPSA) is 92.8 Å². The summed E-state index contributed by atoms with van der Waals surface area (Å²) in [5.41, 5.74) is 0.531. The Labute approximate surface area is 103 Å². The van der Waals surface area contributed by atoms with Gasteiger partial charge in [-0.2, -0.15) is 0 Å². The van der Waals surface area contributed by atoms with Crippen molar-refractivity contribution in [3.05, 3.63) is 45.7 Å². The highest BCUT2D eigenvalue weighted by atomic mass is 16.6. The maximum atomic E-state index is 11.2. The molecule has 1 aromatic rings. The number of ketones is 1. The molecule has 0 bridgehead atoms. The second-order valence-corrected chi connectivity index (χ2v) is 3.59. The Morgan fingerprint density at radius 1 is 1.33 bits per heavy atom. The van der Waals surface area contributed by atoms with E-state index in [2.05, 4.69) is 4.99 Å². The van der Waals surface area contributed by atoms with E-state index >= 15 is 0 Å². The van der Waals surface area contributed by atoms with Crippen molar-refractivity contribution in [3.8, 4) is 0 Å². The summed E-state index contributed by atoms with van der Waals surface area (Å²) in [6.45, 7) is 2.70. The number of Topliss-reactive ketones (excluding diaryl/α,β-unsaturated/α-hetero) is 1. The molecule has 1 aromatic carbocycles. The van der Waals surface area contributed by atoms with Gasteiger partial charge in [0.15, 0.2) is 5.78 Å². The summed E-state index contributed by atoms with van der Waals surface area (Å²) in [6.07, 6.45) is 1.23. The summed E-state index contributed by atoms with van der Waals surface area (Å²) >= 11 is 0. The molecule has 0 spiro atoms. The van der Waals surface area contributed by atoms with Crippen LogP contribution in [0.1, 0.15) is 13.8 Å². The van der Waals surface area contributed by atoms with Crippen LogP contribution in [-0.2, 0) is 4.79 Å². The van der Waals surface area contributed by atoms with E-state index in [1.54, 1.807) is 0 Å². The van der Waals surface area contributed by atoms with Crippen LogP contribution >= 0.6 is 0 Å². The first-order valence-corrected chi connectivity index (χ1v) is 5.11. The number of benzene rings is 1. The molecule has 18 heavy (non-hydrogen) atoms. The Morgan fingerprint density at radius 2 is 1.89 bits per heavy atom. The summed E-state index contributed by atoms with van der Waals surface area (Å²) in [5.74, 6) is -0.422. The van der Waals surface area contributed by atoms with Crippen LogP contribution < -0.4 is 0 Å². The van der Waals surface area contributed by atoms with Gasteiger partial charge in [-0.25, -0.2) is 0 Å². The fourth-order valence-corrected chi connectivity index (χ4v) is 1.24. The molecule has 0 aromatic heterocycles. The fraction of sp³-hybridized carbons (Fsp3) is 0.167. The Morgan fingerprint density at radius 3 is 2.28 bits per heavy atom. The first kappa shape index (κ1) is 13.6. The number of rotatable bonds is 4. The average molecular weight is 248 g/mol. The van der Waals surface area contributed by atoms with Crippen molar-refractivity contribution in [2.75, 3.05) is 0 Å². The lowest BCUT2D eigenvalue weighted by atomic mass is 10.2. The van der Waals surface area contributed by atoms with Gasteiger partial charge in [0.25, 0.3) is 5.69 Å². The minimum Gasteiger partial charge on any atom is -0.512 e. The highest BCUT2D eigenvalue weighted by Crippen LogP contribution is 2.17. The lowest BCUT2D eigenvalue weighted by Crippen LogP contribution is -2.01. The molecular formula is C12H12N2O4. The molecule has 0 aliphatic heterocycles. The fourth-order valence-electron chi connectivity index (χ4n) is 1.24. The lowest BCUT2D eigenvalue weighted by molar-refractivity contribution is -0.384. The van der Waals surface area contributed by atoms with Crippen molar-refractivity contribution in [2.45, 2.75) is 13.8 Å². The smallest absolute Gasteiger partial charge is 0.269 e. The number of allylic oxidation sites excluding steroid dienone is 2. The number of aliphatic imine (C=N–C) groups is 1. The van der Waals surface area contributed by atoms with Crippen LogP contribution in [0.15, 0.2) is 40.6 Å². The van der Waals surface area contributed by atoms with Crippen LogP contribution in [0, 0.1) is 10.1 Å². The summed E-state index contributed by atoms with van der Waals surface area (Å²) < 4.78 is 0. The number of non-ortho nitro benzene ring substituents is 1. The predicted octanol–water partition coefficient (Wildman–Crippen LogP) is 2.72. The van der Waals surface area contributed by atoms with Gasteiger partial charge in [-0.1, -0.05) is 0 Å². The van der Waals surface area contributed by atoms with Crippen LogP contribution in [0.4, 0.5) is 11.4 Å². The maximum absolute atomic E-state index is 11.2. The van der Waals surface area contributed by atoms with Crippen molar-refractivity contribution >= 4 is 23.4 Å². The predicted molar refractivity (Wildman–Crippen MR) is 67.3 cm³/mol. The van der Waals surface area contributed by atoms with Crippen LogP contribution in [0.5, 0.6) is 0 Å². The quantitative estimate of drug-likeness (QED) is 0.291. The number of aliphatic hydroxyl groups is 1. The summed E-state index contributed by atoms with van der Waals surface area (Å²) in [6, 6.07) is 5.55. The molecule has 0 atom stereocenters. The highest BCUT2D eigenvalue weighted by Gasteiger charge is 2.06. The molecule has 0 radical (unpaired) electrons. The van der Waals surface area contributed by atoms with Crippen molar-refractivity contribution in [2.24, 2.45) is 4.99 Å². The van der Waals surface area contributed by atoms with E-state index in [0.29, 0.717) is 5.69 Å². The van der Waals surface area contributed by atoms with E-state index in [9.17, 15) is 20.0 Å². The van der Waals surface area contributed by atoms with Gasteiger partial charge in [0.2, 0.25) is 0 Å². The van der Waals surface area contributed by atoms with E-state index in [0.717, 1.165) is 0 Å². The van der Waals surface area contributed by atoms with Gasteiger partial charge in [0, 0.05) is 18.3 Å². The Kier molecular flexibility index (Phi) is 4.31. The van der Waals surface area contributed by atoms with Crippen LogP contribution in [0.2, 0.25) is 0 Å². The molecule has 1 rings (SSSR count). The largest absolute Gasteiger partial charge is 0.512 e. The first-order chi connectivity index (χ1) is 8.41. The second-order valence-electron chi connectivity index (χ2n) is 3.59. The summed E-state index contributed by atoms with van der Waals surface area (Å²) in [7, 11) is 0. The van der Waals surface area contributed by atoms with Gasteiger partial charge >= 0.3 is 0 Å². The standard InChI is InChI=1S/C12H12N2O4/c1-8(15)12(9(2)16)7-13-10-3-5-11(6-4-10)14(17)18/h3-7,15H,1-2H3. The molecule has 0 fully saturated rings. The Balaban J connectivity index is 2.94. The molecule has 0 heterocycles. The zero-order chi connectivity index (χ0) is 13.7. The molecule has 0 amide bonds. The third kappa shape index (κ3) is 3.51. The van der Waals surface area contributed by atoms with Crippen molar-refractivity contribution in [3.63, 3.8) is 0 Å². The van der Waals surface area contributed by atoms with Crippen LogP contribution in [0.3, 0.4) is 0 Å². The Hall–Kier alpha value is -2.50. The van der Waals surface area contributed by atoms with Crippen molar-refractivity contribution in [1.82, 2.24) is 0 Å². The highest BCUT2D eigenvalue weighted by molar-refractivity contribution is 6.12. The van der Waals surface area contributed by atoms with Gasteiger partial charge in [-0.3, -0.25) is 19.9 Å². The molecule has 94 valence electrons. The van der Waals surface area contributed by atoms with E-state index in [1.807, 2.05) is 0 Å². The number of carbonyl (C=O) groups excluding carboxylic acids is 1. The molecule has 0 aliphatic rings. The van der Waals surface area contributed by atoms with E-state index in [-0.39, 0.29) is 22.8 Å². The number of nitrogens with zero attached hydrogens (tertiary/aromatic N) is 2. The van der Waals surface area contributed by atoms with Crippen molar-refractivity contribution < 1.29 is 14.8 Å². The monoisotopic (exact) mass is 248 g/mol. The number of nitro benzene ring substituents is 1. The normalized spacial score (nSPS) is 12.3. The number of nitro groups is 1. The van der Waals surface area contributed by atoms with Gasteiger partial charge in [0.1, 0.15) is 5.76 Å². The van der Waals surface area contributed by atoms with Crippen molar-refractivity contribution in [1.29, 1.82) is 0 Å². The number of carbonyl (C=O) groups is 1. The SMILES string of the molecule is CC(=O)C(C=Nc1ccc([N+](=O)[O-])cc1)=C(C)O. The van der Waals surface area contributed by atoms with E-state index in [1.165, 1.54) is 44.3 Å². The molecule has 0 saturated heterocycles. The molecule has 6 nitrogen and oxygen atoms in total. The zero-order valence-corrected chi connectivity index (χ0v) is 9.95.